The maximum absolute atomic E-state index is 5.16. The molecule has 17 heavy (non-hydrogen) atoms. The van der Waals surface area contributed by atoms with Gasteiger partial charge in [0, 0.05) is 19.0 Å². The Morgan fingerprint density at radius 3 is 2.94 bits per heavy atom. The van der Waals surface area contributed by atoms with Crippen molar-refractivity contribution in [2.24, 2.45) is 0 Å². The molecule has 0 fully saturated rings. The quantitative estimate of drug-likeness (QED) is 0.866. The molecule has 2 aromatic rings. The molecule has 0 bridgehead atoms. The second-order valence-corrected chi connectivity index (χ2v) is 5.24. The lowest BCUT2D eigenvalue weighted by molar-refractivity contribution is 0.713. The van der Waals surface area contributed by atoms with Crippen LogP contribution in [0.15, 0.2) is 5.38 Å². The Hall–Kier alpha value is -1.21. The number of hydrogen-bond donors (Lipinski definition) is 1. The summed E-state index contributed by atoms with van der Waals surface area (Å²) in [6.45, 7) is 5.61. The Morgan fingerprint density at radius 2 is 2.35 bits per heavy atom. The number of nitrogens with zero attached hydrogens (tertiary/aromatic N) is 4. The average molecular weight is 269 g/mol. The van der Waals surface area contributed by atoms with Crippen molar-refractivity contribution in [1.82, 2.24) is 19.7 Å². The standard InChI is InChI=1S/C10H15N5S2/c1-4-15-9(12-13-10(15)16)14(3)5-8-6-17-7(2)11-8/h6H,4-5H2,1-3H3,(H,13,16). The number of anilines is 1. The van der Waals surface area contributed by atoms with Crippen molar-refractivity contribution in [3.63, 3.8) is 0 Å². The molecule has 0 aliphatic heterocycles. The van der Waals surface area contributed by atoms with E-state index in [1.54, 1.807) is 11.3 Å². The summed E-state index contributed by atoms with van der Waals surface area (Å²) in [5, 5.41) is 10.2. The van der Waals surface area contributed by atoms with Crippen molar-refractivity contribution < 1.29 is 0 Å². The van der Waals surface area contributed by atoms with E-state index in [1.807, 2.05) is 23.4 Å². The van der Waals surface area contributed by atoms with E-state index in [-0.39, 0.29) is 0 Å². The molecule has 5 nitrogen and oxygen atoms in total. The van der Waals surface area contributed by atoms with E-state index in [0.717, 1.165) is 29.7 Å². The van der Waals surface area contributed by atoms with Crippen LogP contribution in [0, 0.1) is 11.7 Å². The Bertz CT molecular complexity index is 553. The van der Waals surface area contributed by atoms with Crippen molar-refractivity contribution >= 4 is 29.5 Å². The van der Waals surface area contributed by atoms with Gasteiger partial charge in [0.1, 0.15) is 0 Å². The van der Waals surface area contributed by atoms with E-state index >= 15 is 0 Å². The van der Waals surface area contributed by atoms with Crippen LogP contribution in [0.1, 0.15) is 17.6 Å². The van der Waals surface area contributed by atoms with Crippen LogP contribution in [0.2, 0.25) is 0 Å². The SMILES string of the molecule is CCn1c(N(C)Cc2csc(C)n2)n[nH]c1=S. The fourth-order valence-corrected chi connectivity index (χ4v) is 2.54. The molecule has 2 aromatic heterocycles. The van der Waals surface area contributed by atoms with Crippen molar-refractivity contribution in [1.29, 1.82) is 0 Å². The molecule has 0 unspecified atom stereocenters. The molecule has 0 aliphatic carbocycles. The van der Waals surface area contributed by atoms with E-state index < -0.39 is 0 Å². The Labute approximate surface area is 109 Å². The van der Waals surface area contributed by atoms with E-state index in [0.29, 0.717) is 4.77 Å². The highest BCUT2D eigenvalue weighted by atomic mass is 32.1. The molecular weight excluding hydrogens is 254 g/mol. The zero-order valence-corrected chi connectivity index (χ0v) is 11.7. The predicted octanol–water partition coefficient (Wildman–Crippen LogP) is 2.36. The average Bonchev–Trinajstić information content (AvgIpc) is 2.84. The molecule has 2 heterocycles. The highest BCUT2D eigenvalue weighted by molar-refractivity contribution is 7.71. The second kappa shape index (κ2) is 4.97. The summed E-state index contributed by atoms with van der Waals surface area (Å²) in [6, 6.07) is 0. The fourth-order valence-electron chi connectivity index (χ4n) is 1.68. The lowest BCUT2D eigenvalue weighted by Gasteiger charge is -2.16. The van der Waals surface area contributed by atoms with Crippen molar-refractivity contribution in [2.75, 3.05) is 11.9 Å². The maximum atomic E-state index is 5.16. The van der Waals surface area contributed by atoms with Crippen LogP contribution in [-0.4, -0.2) is 26.8 Å². The number of hydrogen-bond acceptors (Lipinski definition) is 5. The van der Waals surface area contributed by atoms with Crippen LogP contribution in [0.5, 0.6) is 0 Å². The first-order valence-electron chi connectivity index (χ1n) is 5.39. The summed E-state index contributed by atoms with van der Waals surface area (Å²) >= 11 is 6.83. The third-order valence-corrected chi connectivity index (χ3v) is 3.60. The van der Waals surface area contributed by atoms with Gasteiger partial charge in [-0.25, -0.2) is 10.1 Å². The van der Waals surface area contributed by atoms with E-state index in [9.17, 15) is 0 Å². The van der Waals surface area contributed by atoms with Gasteiger partial charge in [0.15, 0.2) is 4.77 Å². The molecule has 2 rings (SSSR count). The molecule has 0 saturated carbocycles. The van der Waals surface area contributed by atoms with Gasteiger partial charge in [0.2, 0.25) is 5.95 Å². The number of aromatic amines is 1. The highest BCUT2D eigenvalue weighted by Gasteiger charge is 2.11. The minimum atomic E-state index is 0.656. The minimum Gasteiger partial charge on any atom is -0.338 e. The summed E-state index contributed by atoms with van der Waals surface area (Å²) in [4.78, 5) is 6.49. The third-order valence-electron chi connectivity index (χ3n) is 2.46. The number of aromatic nitrogens is 4. The number of H-pyrrole nitrogens is 1. The van der Waals surface area contributed by atoms with Crippen LogP contribution >= 0.6 is 23.6 Å². The Kier molecular flexibility index (Phi) is 3.58. The summed E-state index contributed by atoms with van der Waals surface area (Å²) in [6.07, 6.45) is 0. The topological polar surface area (TPSA) is 49.7 Å². The zero-order chi connectivity index (χ0) is 12.4. The Balaban J connectivity index is 2.19. The van der Waals surface area contributed by atoms with Gasteiger partial charge >= 0.3 is 0 Å². The molecule has 0 atom stereocenters. The second-order valence-electron chi connectivity index (χ2n) is 3.79. The van der Waals surface area contributed by atoms with Gasteiger partial charge in [-0.05, 0) is 26.1 Å². The van der Waals surface area contributed by atoms with Crippen LogP contribution in [-0.2, 0) is 13.1 Å². The van der Waals surface area contributed by atoms with Gasteiger partial charge in [-0.1, -0.05) is 0 Å². The zero-order valence-electron chi connectivity index (χ0n) is 10.1. The third kappa shape index (κ3) is 2.55. The molecule has 0 spiro atoms. The summed E-state index contributed by atoms with van der Waals surface area (Å²) in [5.74, 6) is 0.850. The van der Waals surface area contributed by atoms with Crippen molar-refractivity contribution in [3.8, 4) is 0 Å². The minimum absolute atomic E-state index is 0.656. The molecule has 0 amide bonds. The van der Waals surface area contributed by atoms with E-state index in [1.165, 1.54) is 0 Å². The lowest BCUT2D eigenvalue weighted by Crippen LogP contribution is -2.21. The molecule has 7 heteroatoms. The lowest BCUT2D eigenvalue weighted by atomic mass is 10.4. The fraction of sp³-hybridized carbons (Fsp3) is 0.500. The highest BCUT2D eigenvalue weighted by Crippen LogP contribution is 2.15. The van der Waals surface area contributed by atoms with Gasteiger partial charge in [0.05, 0.1) is 17.2 Å². The smallest absolute Gasteiger partial charge is 0.225 e. The first-order valence-corrected chi connectivity index (χ1v) is 6.68. The molecule has 0 saturated heterocycles. The summed E-state index contributed by atoms with van der Waals surface area (Å²) in [7, 11) is 1.99. The predicted molar refractivity (Wildman–Crippen MR) is 72.0 cm³/mol. The first kappa shape index (κ1) is 12.3. The summed E-state index contributed by atoms with van der Waals surface area (Å²) in [5.41, 5.74) is 1.06. The van der Waals surface area contributed by atoms with Crippen LogP contribution in [0.4, 0.5) is 5.95 Å². The van der Waals surface area contributed by atoms with E-state index in [2.05, 4.69) is 27.5 Å². The van der Waals surface area contributed by atoms with Crippen molar-refractivity contribution in [2.45, 2.75) is 26.9 Å². The van der Waals surface area contributed by atoms with Crippen LogP contribution < -0.4 is 4.90 Å². The molecule has 0 aliphatic rings. The molecule has 92 valence electrons. The van der Waals surface area contributed by atoms with Gasteiger partial charge in [0.25, 0.3) is 0 Å². The van der Waals surface area contributed by atoms with Crippen molar-refractivity contribution in [3.05, 3.63) is 20.9 Å². The number of nitrogens with one attached hydrogen (secondary N) is 1. The van der Waals surface area contributed by atoms with Crippen LogP contribution in [0.25, 0.3) is 0 Å². The first-order chi connectivity index (χ1) is 8.11. The van der Waals surface area contributed by atoms with Crippen LogP contribution in [0.3, 0.4) is 0 Å². The maximum Gasteiger partial charge on any atom is 0.225 e. The summed E-state index contributed by atoms with van der Waals surface area (Å²) < 4.78 is 2.62. The van der Waals surface area contributed by atoms with Gasteiger partial charge in [-0.2, -0.15) is 0 Å². The molecule has 0 radical (unpaired) electrons. The van der Waals surface area contributed by atoms with Gasteiger partial charge in [-0.15, -0.1) is 16.4 Å². The molecule has 0 aromatic carbocycles. The van der Waals surface area contributed by atoms with Gasteiger partial charge in [-0.3, -0.25) is 4.57 Å². The number of rotatable bonds is 4. The van der Waals surface area contributed by atoms with E-state index in [4.69, 9.17) is 12.2 Å². The monoisotopic (exact) mass is 269 g/mol. The number of thiazole rings is 1. The largest absolute Gasteiger partial charge is 0.338 e. The molecule has 1 N–H and O–H groups in total. The Morgan fingerprint density at radius 1 is 1.59 bits per heavy atom. The number of aryl methyl sites for hydroxylation is 1. The normalized spacial score (nSPS) is 10.8. The molecular formula is C10H15N5S2. The van der Waals surface area contributed by atoms with Gasteiger partial charge < -0.3 is 4.90 Å².